The highest BCUT2D eigenvalue weighted by Gasteiger charge is 2.18. The summed E-state index contributed by atoms with van der Waals surface area (Å²) in [5.74, 6) is -0.0543. The Kier molecular flexibility index (Phi) is 4.42. The highest BCUT2D eigenvalue weighted by molar-refractivity contribution is 6.14. The van der Waals surface area contributed by atoms with Crippen LogP contribution in [0, 0.1) is 0 Å². The van der Waals surface area contributed by atoms with Gasteiger partial charge in [-0.3, -0.25) is 4.79 Å². The van der Waals surface area contributed by atoms with Crippen LogP contribution in [0.1, 0.15) is 41.3 Å². The van der Waals surface area contributed by atoms with Crippen molar-refractivity contribution < 1.29 is 9.90 Å². The SMILES string of the molecule is CCCCc1cc(C(=O)c2ccccc2)c(O)c2ccccc12. The summed E-state index contributed by atoms with van der Waals surface area (Å²) in [5.41, 5.74) is 2.11. The molecule has 0 aliphatic heterocycles. The van der Waals surface area contributed by atoms with Crippen molar-refractivity contribution in [1.29, 1.82) is 0 Å². The average Bonchev–Trinajstić information content (AvgIpc) is 2.61. The Bertz CT molecular complexity index is 835. The molecule has 0 fully saturated rings. The zero-order chi connectivity index (χ0) is 16.2. The molecule has 1 N–H and O–H groups in total. The van der Waals surface area contributed by atoms with Crippen LogP contribution in [0.5, 0.6) is 5.75 Å². The lowest BCUT2D eigenvalue weighted by atomic mass is 9.93. The minimum absolute atomic E-state index is 0.0784. The number of hydrogen-bond donors (Lipinski definition) is 1. The average molecular weight is 304 g/mol. The largest absolute Gasteiger partial charge is 0.507 e. The number of rotatable bonds is 5. The molecule has 0 radical (unpaired) electrons. The summed E-state index contributed by atoms with van der Waals surface area (Å²) in [6.07, 6.45) is 3.07. The Hall–Kier alpha value is -2.61. The molecule has 0 atom stereocenters. The summed E-state index contributed by atoms with van der Waals surface area (Å²) in [4.78, 5) is 12.8. The molecule has 0 unspecified atom stereocenters. The van der Waals surface area contributed by atoms with Crippen LogP contribution in [0.4, 0.5) is 0 Å². The van der Waals surface area contributed by atoms with Gasteiger partial charge < -0.3 is 5.11 Å². The highest BCUT2D eigenvalue weighted by atomic mass is 16.3. The Balaban J connectivity index is 2.17. The molecule has 0 aliphatic rings. The van der Waals surface area contributed by atoms with Crippen LogP contribution in [-0.2, 0) is 6.42 Å². The van der Waals surface area contributed by atoms with E-state index in [1.165, 1.54) is 0 Å². The minimum atomic E-state index is -0.133. The first-order chi connectivity index (χ1) is 11.2. The summed E-state index contributed by atoms with van der Waals surface area (Å²) in [6.45, 7) is 2.15. The fraction of sp³-hybridized carbons (Fsp3) is 0.190. The number of carbonyl (C=O) groups is 1. The van der Waals surface area contributed by atoms with Crippen LogP contribution >= 0.6 is 0 Å². The van der Waals surface area contributed by atoms with E-state index in [0.29, 0.717) is 11.1 Å². The Labute approximate surface area is 136 Å². The molecular formula is C21H20O2. The van der Waals surface area contributed by atoms with E-state index in [1.807, 2.05) is 48.5 Å². The predicted octanol–water partition coefficient (Wildman–Crippen LogP) is 5.12. The van der Waals surface area contributed by atoms with E-state index >= 15 is 0 Å². The van der Waals surface area contributed by atoms with Gasteiger partial charge in [0.2, 0.25) is 0 Å². The number of aromatic hydroxyl groups is 1. The Morgan fingerprint density at radius 1 is 0.957 bits per heavy atom. The molecule has 0 saturated heterocycles. The molecule has 3 aromatic rings. The zero-order valence-corrected chi connectivity index (χ0v) is 13.3. The van der Waals surface area contributed by atoms with Gasteiger partial charge in [-0.1, -0.05) is 67.9 Å². The number of hydrogen-bond acceptors (Lipinski definition) is 2. The van der Waals surface area contributed by atoms with E-state index in [9.17, 15) is 9.90 Å². The fourth-order valence-corrected chi connectivity index (χ4v) is 2.93. The molecule has 0 bridgehead atoms. The summed E-state index contributed by atoms with van der Waals surface area (Å²) < 4.78 is 0. The predicted molar refractivity (Wildman–Crippen MR) is 94.1 cm³/mol. The first kappa shape index (κ1) is 15.3. The summed E-state index contributed by atoms with van der Waals surface area (Å²) in [6, 6.07) is 18.7. The zero-order valence-electron chi connectivity index (χ0n) is 13.3. The maximum absolute atomic E-state index is 12.8. The second-order valence-corrected chi connectivity index (χ2v) is 5.78. The number of phenols is 1. The maximum atomic E-state index is 12.8. The molecule has 3 aromatic carbocycles. The lowest BCUT2D eigenvalue weighted by Gasteiger charge is -2.12. The van der Waals surface area contributed by atoms with Gasteiger partial charge >= 0.3 is 0 Å². The van der Waals surface area contributed by atoms with Crippen LogP contribution in [0.3, 0.4) is 0 Å². The molecular weight excluding hydrogens is 284 g/mol. The molecule has 0 spiro atoms. The lowest BCUT2D eigenvalue weighted by molar-refractivity contribution is 0.103. The van der Waals surface area contributed by atoms with Gasteiger partial charge in [0.1, 0.15) is 5.75 Å². The molecule has 0 aliphatic carbocycles. The van der Waals surface area contributed by atoms with Crippen molar-refractivity contribution in [2.45, 2.75) is 26.2 Å². The minimum Gasteiger partial charge on any atom is -0.507 e. The van der Waals surface area contributed by atoms with E-state index in [1.54, 1.807) is 12.1 Å². The van der Waals surface area contributed by atoms with Crippen LogP contribution in [-0.4, -0.2) is 10.9 Å². The first-order valence-electron chi connectivity index (χ1n) is 8.05. The molecule has 0 amide bonds. The summed E-state index contributed by atoms with van der Waals surface area (Å²) in [5, 5.41) is 12.4. The Morgan fingerprint density at radius 2 is 1.61 bits per heavy atom. The molecule has 0 heterocycles. The van der Waals surface area contributed by atoms with Crippen LogP contribution in [0.15, 0.2) is 60.7 Å². The van der Waals surface area contributed by atoms with Crippen molar-refractivity contribution in [3.05, 3.63) is 77.4 Å². The van der Waals surface area contributed by atoms with Gasteiger partial charge in [0, 0.05) is 10.9 Å². The van der Waals surface area contributed by atoms with Crippen molar-refractivity contribution in [2.75, 3.05) is 0 Å². The summed E-state index contributed by atoms with van der Waals surface area (Å²) >= 11 is 0. The normalized spacial score (nSPS) is 10.8. The number of carbonyl (C=O) groups excluding carboxylic acids is 1. The topological polar surface area (TPSA) is 37.3 Å². The molecule has 0 aromatic heterocycles. The molecule has 3 rings (SSSR count). The third-order valence-electron chi connectivity index (χ3n) is 4.18. The molecule has 2 nitrogen and oxygen atoms in total. The van der Waals surface area contributed by atoms with E-state index in [0.717, 1.165) is 35.6 Å². The number of fused-ring (bicyclic) bond motifs is 1. The van der Waals surface area contributed by atoms with Gasteiger partial charge in [0.05, 0.1) is 5.56 Å². The fourth-order valence-electron chi connectivity index (χ4n) is 2.93. The van der Waals surface area contributed by atoms with Crippen LogP contribution in [0.2, 0.25) is 0 Å². The van der Waals surface area contributed by atoms with Crippen molar-refractivity contribution in [1.82, 2.24) is 0 Å². The van der Waals surface area contributed by atoms with E-state index in [-0.39, 0.29) is 11.5 Å². The second kappa shape index (κ2) is 6.66. The van der Waals surface area contributed by atoms with Crippen LogP contribution < -0.4 is 0 Å². The molecule has 0 saturated carbocycles. The third-order valence-corrected chi connectivity index (χ3v) is 4.18. The second-order valence-electron chi connectivity index (χ2n) is 5.78. The van der Waals surface area contributed by atoms with E-state index in [2.05, 4.69) is 6.92 Å². The monoisotopic (exact) mass is 304 g/mol. The van der Waals surface area contributed by atoms with Crippen molar-refractivity contribution >= 4 is 16.6 Å². The van der Waals surface area contributed by atoms with Crippen molar-refractivity contribution in [2.24, 2.45) is 0 Å². The van der Waals surface area contributed by atoms with E-state index < -0.39 is 0 Å². The van der Waals surface area contributed by atoms with E-state index in [4.69, 9.17) is 0 Å². The van der Waals surface area contributed by atoms with Gasteiger partial charge in [-0.25, -0.2) is 0 Å². The maximum Gasteiger partial charge on any atom is 0.196 e. The number of aryl methyl sites for hydroxylation is 1. The third kappa shape index (κ3) is 2.98. The van der Waals surface area contributed by atoms with Crippen LogP contribution in [0.25, 0.3) is 10.8 Å². The first-order valence-corrected chi connectivity index (χ1v) is 8.05. The lowest BCUT2D eigenvalue weighted by Crippen LogP contribution is -2.03. The number of ketones is 1. The van der Waals surface area contributed by atoms with Crippen molar-refractivity contribution in [3.8, 4) is 5.75 Å². The number of phenolic OH excluding ortho intramolecular Hbond substituents is 1. The van der Waals surface area contributed by atoms with Gasteiger partial charge in [0.25, 0.3) is 0 Å². The highest BCUT2D eigenvalue weighted by Crippen LogP contribution is 2.33. The quantitative estimate of drug-likeness (QED) is 0.664. The number of unbranched alkanes of at least 4 members (excludes halogenated alkanes) is 1. The molecule has 23 heavy (non-hydrogen) atoms. The smallest absolute Gasteiger partial charge is 0.196 e. The van der Waals surface area contributed by atoms with Gasteiger partial charge in [-0.2, -0.15) is 0 Å². The summed E-state index contributed by atoms with van der Waals surface area (Å²) in [7, 11) is 0. The van der Waals surface area contributed by atoms with Gasteiger partial charge in [0.15, 0.2) is 5.78 Å². The molecule has 116 valence electrons. The Morgan fingerprint density at radius 3 is 2.30 bits per heavy atom. The van der Waals surface area contributed by atoms with Gasteiger partial charge in [-0.05, 0) is 29.9 Å². The standard InChI is InChI=1S/C21H20O2/c1-2-3-9-16-14-19(20(22)15-10-5-4-6-11-15)21(23)18-13-8-7-12-17(16)18/h4-8,10-14,23H,2-3,9H2,1H3. The van der Waals surface area contributed by atoms with Gasteiger partial charge in [-0.15, -0.1) is 0 Å². The number of benzene rings is 3. The molecule has 2 heteroatoms. The van der Waals surface area contributed by atoms with Crippen molar-refractivity contribution in [3.63, 3.8) is 0 Å².